The molecule has 0 radical (unpaired) electrons. The van der Waals surface area contributed by atoms with E-state index in [2.05, 4.69) is 0 Å². The van der Waals surface area contributed by atoms with Crippen LogP contribution >= 0.6 is 7.92 Å². The van der Waals surface area contributed by atoms with Crippen LogP contribution in [0.15, 0.2) is 89.8 Å². The van der Waals surface area contributed by atoms with Gasteiger partial charge in [0.15, 0.2) is 0 Å². The van der Waals surface area contributed by atoms with E-state index in [0.717, 1.165) is 15.9 Å². The number of hydrogen-bond acceptors (Lipinski definition) is 3. The zero-order valence-electron chi connectivity index (χ0n) is 13.2. The fourth-order valence-electron chi connectivity index (χ4n) is 2.38. The van der Waals surface area contributed by atoms with Crippen molar-refractivity contribution < 1.29 is 42.5 Å². The summed E-state index contributed by atoms with van der Waals surface area (Å²) >= 11 is 0. The average molecular weight is 364 g/mol. The molecule has 24 heavy (non-hydrogen) atoms. The minimum Gasteiger partial charge on any atom is -0.744 e. The van der Waals surface area contributed by atoms with E-state index in [-0.39, 0.29) is 34.5 Å². The Morgan fingerprint density at radius 2 is 1.12 bits per heavy atom. The molecule has 0 aliphatic carbocycles. The van der Waals surface area contributed by atoms with Gasteiger partial charge in [-0.3, -0.25) is 0 Å². The SMILES string of the molecule is O=S(=O)([O-])c1cccc(P(c2ccccc2)c2ccccc2)c1.[Na+]. The average Bonchev–Trinajstić information content (AvgIpc) is 2.57. The van der Waals surface area contributed by atoms with E-state index in [9.17, 15) is 13.0 Å². The standard InChI is InChI=1S/C18H15O3PS.Na/c19-23(20,21)18-13-7-12-17(14-18)22(15-8-3-1-4-9-15)16-10-5-2-6-11-16;/h1-14H,(H,19,20,21);/q;+1/p-1. The molecule has 3 rings (SSSR count). The van der Waals surface area contributed by atoms with Crippen molar-refractivity contribution in [2.75, 3.05) is 0 Å². The monoisotopic (exact) mass is 364 g/mol. The van der Waals surface area contributed by atoms with Gasteiger partial charge in [-0.1, -0.05) is 72.8 Å². The molecular weight excluding hydrogens is 350 g/mol. The van der Waals surface area contributed by atoms with Gasteiger partial charge in [-0.15, -0.1) is 0 Å². The molecule has 116 valence electrons. The molecule has 3 nitrogen and oxygen atoms in total. The van der Waals surface area contributed by atoms with E-state index in [0.29, 0.717) is 0 Å². The predicted molar refractivity (Wildman–Crippen MR) is 93.1 cm³/mol. The van der Waals surface area contributed by atoms with Crippen LogP contribution in [0.2, 0.25) is 0 Å². The zero-order valence-corrected chi connectivity index (χ0v) is 16.9. The van der Waals surface area contributed by atoms with Crippen molar-refractivity contribution in [3.8, 4) is 0 Å². The molecule has 0 amide bonds. The van der Waals surface area contributed by atoms with Crippen LogP contribution in [0.1, 0.15) is 0 Å². The molecule has 0 N–H and O–H groups in total. The van der Waals surface area contributed by atoms with Crippen LogP contribution < -0.4 is 45.5 Å². The number of benzene rings is 3. The van der Waals surface area contributed by atoms with Crippen molar-refractivity contribution in [1.29, 1.82) is 0 Å². The molecule has 0 bridgehead atoms. The Morgan fingerprint density at radius 1 is 0.667 bits per heavy atom. The van der Waals surface area contributed by atoms with Gasteiger partial charge in [-0.2, -0.15) is 0 Å². The van der Waals surface area contributed by atoms with Gasteiger partial charge in [0, 0.05) is 0 Å². The molecule has 0 aliphatic rings. The molecule has 0 saturated carbocycles. The van der Waals surface area contributed by atoms with E-state index in [4.69, 9.17) is 0 Å². The maximum absolute atomic E-state index is 11.3. The van der Waals surface area contributed by atoms with Gasteiger partial charge in [0.2, 0.25) is 0 Å². The topological polar surface area (TPSA) is 57.2 Å². The van der Waals surface area contributed by atoms with Gasteiger partial charge in [0.1, 0.15) is 10.1 Å². The number of hydrogen-bond donors (Lipinski definition) is 0. The summed E-state index contributed by atoms with van der Waals surface area (Å²) in [5.74, 6) is 0. The Morgan fingerprint density at radius 3 is 1.58 bits per heavy atom. The first kappa shape index (κ1) is 19.3. The van der Waals surface area contributed by atoms with E-state index in [1.807, 2.05) is 66.7 Å². The summed E-state index contributed by atoms with van der Waals surface area (Å²) in [5, 5.41) is 3.05. The predicted octanol–water partition coefficient (Wildman–Crippen LogP) is -0.647. The summed E-state index contributed by atoms with van der Waals surface area (Å²) in [4.78, 5) is -0.186. The van der Waals surface area contributed by atoms with Crippen LogP contribution in [0.25, 0.3) is 0 Å². The largest absolute Gasteiger partial charge is 1.00 e. The van der Waals surface area contributed by atoms with E-state index in [1.165, 1.54) is 12.1 Å². The fourth-order valence-corrected chi connectivity index (χ4v) is 5.32. The summed E-state index contributed by atoms with van der Waals surface area (Å²) in [6.45, 7) is 0. The summed E-state index contributed by atoms with van der Waals surface area (Å²) in [6.07, 6.45) is 0. The molecule has 0 unspecified atom stereocenters. The third-order valence-corrected chi connectivity index (χ3v) is 6.65. The quantitative estimate of drug-likeness (QED) is 0.351. The Balaban J connectivity index is 0.00000208. The van der Waals surface area contributed by atoms with Crippen LogP contribution in [0, 0.1) is 0 Å². The minimum absolute atomic E-state index is 0. The zero-order chi connectivity index (χ0) is 16.3. The maximum atomic E-state index is 11.3. The summed E-state index contributed by atoms with van der Waals surface area (Å²) in [6, 6.07) is 26.2. The second-order valence-corrected chi connectivity index (χ2v) is 8.56. The second-order valence-electron chi connectivity index (χ2n) is 4.96. The van der Waals surface area contributed by atoms with Crippen LogP contribution in [0.4, 0.5) is 0 Å². The first-order chi connectivity index (χ1) is 11.1. The normalized spacial score (nSPS) is 11.1. The van der Waals surface area contributed by atoms with Crippen LogP contribution in [0.3, 0.4) is 0 Å². The molecule has 0 fully saturated rings. The molecule has 0 aromatic heterocycles. The van der Waals surface area contributed by atoms with Crippen LogP contribution in [0.5, 0.6) is 0 Å². The van der Waals surface area contributed by atoms with E-state index < -0.39 is 18.0 Å². The molecule has 3 aromatic carbocycles. The van der Waals surface area contributed by atoms with Gasteiger partial charge >= 0.3 is 29.6 Å². The van der Waals surface area contributed by atoms with Gasteiger partial charge < -0.3 is 4.55 Å². The van der Waals surface area contributed by atoms with Crippen molar-refractivity contribution >= 4 is 34.0 Å². The van der Waals surface area contributed by atoms with Crippen LogP contribution in [-0.4, -0.2) is 13.0 Å². The Labute approximate surface area is 165 Å². The molecule has 0 atom stereocenters. The van der Waals surface area contributed by atoms with Gasteiger partial charge in [-0.25, -0.2) is 8.42 Å². The molecule has 6 heteroatoms. The third kappa shape index (κ3) is 4.54. The summed E-state index contributed by atoms with van der Waals surface area (Å²) in [7, 11) is -5.38. The first-order valence-corrected chi connectivity index (χ1v) is 9.77. The minimum atomic E-state index is -4.46. The van der Waals surface area contributed by atoms with E-state index in [1.54, 1.807) is 6.07 Å². The van der Waals surface area contributed by atoms with Gasteiger partial charge in [0.05, 0.1) is 4.90 Å². The third-order valence-electron chi connectivity index (χ3n) is 3.39. The van der Waals surface area contributed by atoms with Crippen molar-refractivity contribution in [1.82, 2.24) is 0 Å². The van der Waals surface area contributed by atoms with Crippen molar-refractivity contribution in [2.24, 2.45) is 0 Å². The van der Waals surface area contributed by atoms with E-state index >= 15 is 0 Å². The number of rotatable bonds is 4. The molecule has 0 heterocycles. The fraction of sp³-hybridized carbons (Fsp3) is 0. The van der Waals surface area contributed by atoms with Crippen LogP contribution in [-0.2, 0) is 10.1 Å². The Hall–Kier alpha value is -1.000. The Kier molecular flexibility index (Phi) is 6.76. The van der Waals surface area contributed by atoms with Gasteiger partial charge in [-0.05, 0) is 36.0 Å². The summed E-state index contributed by atoms with van der Waals surface area (Å²) < 4.78 is 34.0. The Bertz CT molecular complexity index is 860. The smallest absolute Gasteiger partial charge is 0.744 e. The second kappa shape index (κ2) is 8.39. The molecule has 0 spiro atoms. The molecule has 3 aromatic rings. The first-order valence-electron chi connectivity index (χ1n) is 7.02. The molecule has 0 aliphatic heterocycles. The molecular formula is C18H14NaO3PS. The van der Waals surface area contributed by atoms with Crippen molar-refractivity contribution in [2.45, 2.75) is 4.90 Å². The summed E-state index contributed by atoms with van der Waals surface area (Å²) in [5.41, 5.74) is 0. The maximum Gasteiger partial charge on any atom is 1.00 e. The van der Waals surface area contributed by atoms with Gasteiger partial charge in [0.25, 0.3) is 0 Å². The van der Waals surface area contributed by atoms with Crippen molar-refractivity contribution in [3.05, 3.63) is 84.9 Å². The van der Waals surface area contributed by atoms with Crippen molar-refractivity contribution in [3.63, 3.8) is 0 Å². The molecule has 0 saturated heterocycles.